The second kappa shape index (κ2) is 11.1. The summed E-state index contributed by atoms with van der Waals surface area (Å²) in [5.41, 5.74) is 2.55. The van der Waals surface area contributed by atoms with Gasteiger partial charge in [-0.3, -0.25) is 19.2 Å². The number of carbonyl (C=O) groups excluding carboxylic acids is 4. The number of nitrogens with one attached hydrogen (secondary N) is 3. The van der Waals surface area contributed by atoms with Gasteiger partial charge in [0.25, 0.3) is 11.8 Å². The highest BCUT2D eigenvalue weighted by Gasteiger charge is 2.19. The highest BCUT2D eigenvalue weighted by molar-refractivity contribution is 7.12. The van der Waals surface area contributed by atoms with E-state index in [-0.39, 0.29) is 31.3 Å². The van der Waals surface area contributed by atoms with Crippen LogP contribution >= 0.6 is 11.3 Å². The Bertz CT molecular complexity index is 891. The van der Waals surface area contributed by atoms with E-state index in [4.69, 9.17) is 4.74 Å². The molecule has 0 aliphatic carbocycles. The molecule has 0 saturated carbocycles. The van der Waals surface area contributed by atoms with Crippen molar-refractivity contribution in [1.29, 1.82) is 0 Å². The van der Waals surface area contributed by atoms with Gasteiger partial charge in [0, 0.05) is 12.2 Å². The van der Waals surface area contributed by atoms with E-state index in [1.54, 1.807) is 17.5 Å². The molecular formula is C21H25N3O5S. The van der Waals surface area contributed by atoms with Gasteiger partial charge in [-0.25, -0.2) is 0 Å². The fourth-order valence-electron chi connectivity index (χ4n) is 2.59. The normalized spacial score (nSPS) is 11.3. The molecule has 2 aromatic rings. The number of anilines is 1. The van der Waals surface area contributed by atoms with Gasteiger partial charge in [-0.15, -0.1) is 11.3 Å². The first-order valence-corrected chi connectivity index (χ1v) is 10.3. The minimum absolute atomic E-state index is 0.0677. The van der Waals surface area contributed by atoms with Crippen LogP contribution in [0.3, 0.4) is 0 Å². The number of thiophene rings is 1. The number of carbonyl (C=O) groups is 4. The maximum atomic E-state index is 12.1. The van der Waals surface area contributed by atoms with E-state index in [1.807, 2.05) is 32.0 Å². The van der Waals surface area contributed by atoms with Crippen molar-refractivity contribution in [3.05, 3.63) is 51.7 Å². The summed E-state index contributed by atoms with van der Waals surface area (Å²) in [6, 6.07) is 9.10. The molecule has 30 heavy (non-hydrogen) atoms. The summed E-state index contributed by atoms with van der Waals surface area (Å²) in [5, 5.41) is 9.60. The van der Waals surface area contributed by atoms with Gasteiger partial charge < -0.3 is 20.7 Å². The zero-order chi connectivity index (χ0) is 22.1. The molecule has 0 bridgehead atoms. The third-order valence-corrected chi connectivity index (χ3v) is 5.07. The molecule has 3 N–H and O–H groups in total. The number of hydrogen-bond acceptors (Lipinski definition) is 6. The maximum Gasteiger partial charge on any atom is 0.308 e. The SMILES string of the molecule is Cc1cccc(C)c1NC(=O)CNC(=O)C(C)OC(=O)CCNC(=O)c1cccs1. The molecule has 0 radical (unpaired) electrons. The molecule has 0 aliphatic rings. The van der Waals surface area contributed by atoms with Crippen molar-refractivity contribution in [1.82, 2.24) is 10.6 Å². The second-order valence-electron chi connectivity index (χ2n) is 6.65. The second-order valence-corrected chi connectivity index (χ2v) is 7.60. The van der Waals surface area contributed by atoms with Crippen LogP contribution in [0.1, 0.15) is 34.1 Å². The number of aryl methyl sites for hydroxylation is 2. The van der Waals surface area contributed by atoms with Crippen LogP contribution in [0.15, 0.2) is 35.7 Å². The lowest BCUT2D eigenvalue weighted by Gasteiger charge is -2.15. The summed E-state index contributed by atoms with van der Waals surface area (Å²) in [6.07, 6.45) is -1.12. The van der Waals surface area contributed by atoms with E-state index in [0.29, 0.717) is 10.6 Å². The van der Waals surface area contributed by atoms with Crippen LogP contribution in [-0.2, 0) is 19.1 Å². The lowest BCUT2D eigenvalue weighted by molar-refractivity contribution is -0.154. The topological polar surface area (TPSA) is 114 Å². The number of hydrogen-bond donors (Lipinski definition) is 3. The highest BCUT2D eigenvalue weighted by atomic mass is 32.1. The van der Waals surface area contributed by atoms with Crippen LogP contribution in [0.25, 0.3) is 0 Å². The molecule has 1 atom stereocenters. The Hall–Kier alpha value is -3.20. The summed E-state index contributed by atoms with van der Waals surface area (Å²) >= 11 is 1.30. The van der Waals surface area contributed by atoms with E-state index < -0.39 is 18.0 Å². The van der Waals surface area contributed by atoms with Crippen LogP contribution < -0.4 is 16.0 Å². The zero-order valence-electron chi connectivity index (χ0n) is 17.1. The maximum absolute atomic E-state index is 12.1. The van der Waals surface area contributed by atoms with Crippen molar-refractivity contribution in [2.75, 3.05) is 18.4 Å². The molecule has 0 fully saturated rings. The number of ether oxygens (including phenoxy) is 1. The van der Waals surface area contributed by atoms with Crippen LogP contribution in [0.4, 0.5) is 5.69 Å². The smallest absolute Gasteiger partial charge is 0.308 e. The number of rotatable bonds is 9. The Balaban J connectivity index is 1.69. The fraction of sp³-hybridized carbons (Fsp3) is 0.333. The molecule has 0 saturated heterocycles. The van der Waals surface area contributed by atoms with Crippen molar-refractivity contribution in [2.24, 2.45) is 0 Å². The number of para-hydroxylation sites is 1. The molecule has 3 amide bonds. The minimum Gasteiger partial charge on any atom is -0.452 e. The van der Waals surface area contributed by atoms with Gasteiger partial charge in [-0.05, 0) is 43.3 Å². The van der Waals surface area contributed by atoms with E-state index in [2.05, 4.69) is 16.0 Å². The highest BCUT2D eigenvalue weighted by Crippen LogP contribution is 2.19. The van der Waals surface area contributed by atoms with Crippen molar-refractivity contribution >= 4 is 40.7 Å². The lowest BCUT2D eigenvalue weighted by atomic mass is 10.1. The van der Waals surface area contributed by atoms with E-state index in [0.717, 1.165) is 11.1 Å². The number of esters is 1. The largest absolute Gasteiger partial charge is 0.452 e. The summed E-state index contributed by atoms with van der Waals surface area (Å²) in [5.74, 6) is -1.85. The van der Waals surface area contributed by atoms with Gasteiger partial charge >= 0.3 is 5.97 Å². The van der Waals surface area contributed by atoms with E-state index in [1.165, 1.54) is 18.3 Å². The number of amides is 3. The van der Waals surface area contributed by atoms with Gasteiger partial charge in [-0.2, -0.15) is 0 Å². The summed E-state index contributed by atoms with van der Waals surface area (Å²) in [4.78, 5) is 48.4. The molecule has 1 aromatic heterocycles. The minimum atomic E-state index is -1.06. The monoisotopic (exact) mass is 431 g/mol. The molecule has 8 nitrogen and oxygen atoms in total. The van der Waals surface area contributed by atoms with Crippen molar-refractivity contribution in [3.8, 4) is 0 Å². The van der Waals surface area contributed by atoms with Gasteiger partial charge in [0.2, 0.25) is 5.91 Å². The Kier molecular flexibility index (Phi) is 8.54. The van der Waals surface area contributed by atoms with Crippen molar-refractivity contribution in [2.45, 2.75) is 33.3 Å². The van der Waals surface area contributed by atoms with Crippen molar-refractivity contribution < 1.29 is 23.9 Å². The van der Waals surface area contributed by atoms with Crippen LogP contribution in [0, 0.1) is 13.8 Å². The van der Waals surface area contributed by atoms with E-state index in [9.17, 15) is 19.2 Å². The molecule has 160 valence electrons. The molecular weight excluding hydrogens is 406 g/mol. The average Bonchev–Trinajstić information content (AvgIpc) is 3.24. The first kappa shape index (κ1) is 23.1. The van der Waals surface area contributed by atoms with Crippen molar-refractivity contribution in [3.63, 3.8) is 0 Å². The summed E-state index contributed by atoms with van der Waals surface area (Å²) in [6.45, 7) is 5.03. The third kappa shape index (κ3) is 7.00. The molecule has 0 spiro atoms. The molecule has 9 heteroatoms. The molecule has 1 aromatic carbocycles. The van der Waals surface area contributed by atoms with E-state index >= 15 is 0 Å². The fourth-order valence-corrected chi connectivity index (χ4v) is 3.23. The average molecular weight is 432 g/mol. The molecule has 1 unspecified atom stereocenters. The Morgan fingerprint density at radius 1 is 1.03 bits per heavy atom. The Labute approximate surface area is 179 Å². The quantitative estimate of drug-likeness (QED) is 0.527. The van der Waals surface area contributed by atoms with Crippen LogP contribution in [0.2, 0.25) is 0 Å². The van der Waals surface area contributed by atoms with Gasteiger partial charge in [0.1, 0.15) is 0 Å². The predicted molar refractivity (Wildman–Crippen MR) is 114 cm³/mol. The van der Waals surface area contributed by atoms with Crippen LogP contribution in [0.5, 0.6) is 0 Å². The summed E-state index contributed by atoms with van der Waals surface area (Å²) < 4.78 is 5.04. The zero-order valence-corrected chi connectivity index (χ0v) is 17.9. The molecule has 0 aliphatic heterocycles. The Morgan fingerprint density at radius 3 is 2.37 bits per heavy atom. The third-order valence-electron chi connectivity index (χ3n) is 4.21. The molecule has 2 rings (SSSR count). The standard InChI is InChI=1S/C21H25N3O5S/c1-13-6-4-7-14(2)19(13)24-17(25)12-23-20(27)15(3)29-18(26)9-10-22-21(28)16-8-5-11-30-16/h4-8,11,15H,9-10,12H2,1-3H3,(H,22,28)(H,23,27)(H,24,25). The first-order valence-electron chi connectivity index (χ1n) is 9.43. The first-order chi connectivity index (χ1) is 14.3. The van der Waals surface area contributed by atoms with Gasteiger partial charge in [-0.1, -0.05) is 24.3 Å². The lowest BCUT2D eigenvalue weighted by Crippen LogP contribution is -2.40. The summed E-state index contributed by atoms with van der Waals surface area (Å²) in [7, 11) is 0. The van der Waals surface area contributed by atoms with Crippen LogP contribution in [-0.4, -0.2) is 42.9 Å². The Morgan fingerprint density at radius 2 is 1.73 bits per heavy atom. The van der Waals surface area contributed by atoms with Gasteiger partial charge in [0.05, 0.1) is 17.8 Å². The molecule has 1 heterocycles. The number of benzene rings is 1. The van der Waals surface area contributed by atoms with Gasteiger partial charge in [0.15, 0.2) is 6.10 Å². The predicted octanol–water partition coefficient (Wildman–Crippen LogP) is 2.17.